The van der Waals surface area contributed by atoms with Crippen molar-refractivity contribution in [1.29, 1.82) is 0 Å². The number of benzene rings is 2. The van der Waals surface area contributed by atoms with Gasteiger partial charge in [0, 0.05) is 30.9 Å². The van der Waals surface area contributed by atoms with E-state index >= 15 is 0 Å². The Hall–Kier alpha value is -3.73. The summed E-state index contributed by atoms with van der Waals surface area (Å²) in [5, 5.41) is 0. The van der Waals surface area contributed by atoms with Crippen LogP contribution in [-0.2, 0) is 13.2 Å². The second-order valence-corrected chi connectivity index (χ2v) is 7.61. The summed E-state index contributed by atoms with van der Waals surface area (Å²) in [4.78, 5) is 9.07. The van der Waals surface area contributed by atoms with Crippen molar-refractivity contribution in [3.63, 3.8) is 0 Å². The molecule has 2 aliphatic heterocycles. The number of nitrogens with zero attached hydrogens (tertiary/aromatic N) is 3. The van der Waals surface area contributed by atoms with Gasteiger partial charge >= 0.3 is 0 Å². The van der Waals surface area contributed by atoms with Crippen molar-refractivity contribution in [1.82, 2.24) is 14.5 Å². The van der Waals surface area contributed by atoms with Gasteiger partial charge in [-0.15, -0.1) is 0 Å². The van der Waals surface area contributed by atoms with Gasteiger partial charge in [-0.3, -0.25) is 0 Å². The van der Waals surface area contributed by atoms with E-state index in [4.69, 9.17) is 4.74 Å². The summed E-state index contributed by atoms with van der Waals surface area (Å²) in [6.45, 7) is 1.25. The molecule has 0 aromatic heterocycles. The number of ether oxygens (including phenoxy) is 1. The SMILES string of the molecule is FC1CC=CC=C1c1nc2ccn(Cc3ccc(OCc4ccccc4)cc3)cc-2n1. The summed E-state index contributed by atoms with van der Waals surface area (Å²) in [7, 11) is 0. The minimum absolute atomic E-state index is 0.377. The molecular weight excluding hydrogens is 389 g/mol. The van der Waals surface area contributed by atoms with Gasteiger partial charge in [-0.05, 0) is 29.3 Å². The van der Waals surface area contributed by atoms with Gasteiger partial charge in [0.2, 0.25) is 0 Å². The molecule has 5 heteroatoms. The molecule has 2 heterocycles. The normalized spacial score (nSPS) is 15.8. The summed E-state index contributed by atoms with van der Waals surface area (Å²) >= 11 is 0. The number of pyridine rings is 1. The molecule has 1 atom stereocenters. The Labute approximate surface area is 180 Å². The van der Waals surface area contributed by atoms with Crippen molar-refractivity contribution in [3.05, 3.63) is 108 Å². The lowest BCUT2D eigenvalue weighted by atomic mass is 10.0. The van der Waals surface area contributed by atoms with Crippen molar-refractivity contribution in [2.45, 2.75) is 25.7 Å². The van der Waals surface area contributed by atoms with Crippen LogP contribution < -0.4 is 4.74 Å². The van der Waals surface area contributed by atoms with Gasteiger partial charge in [0.1, 0.15) is 24.2 Å². The predicted molar refractivity (Wildman–Crippen MR) is 120 cm³/mol. The topological polar surface area (TPSA) is 39.9 Å². The van der Waals surface area contributed by atoms with Crippen LogP contribution in [0.4, 0.5) is 4.39 Å². The molecular formula is C26H22FN3O. The Morgan fingerprint density at radius 1 is 0.935 bits per heavy atom. The minimum Gasteiger partial charge on any atom is -0.489 e. The lowest BCUT2D eigenvalue weighted by Crippen LogP contribution is -2.06. The van der Waals surface area contributed by atoms with E-state index in [1.54, 1.807) is 6.08 Å². The molecule has 0 amide bonds. The van der Waals surface area contributed by atoms with Gasteiger partial charge in [0.05, 0.1) is 5.69 Å². The maximum absolute atomic E-state index is 14.2. The van der Waals surface area contributed by atoms with E-state index in [2.05, 4.69) is 26.7 Å². The average Bonchev–Trinajstić information content (AvgIpc) is 3.23. The molecule has 1 aliphatic carbocycles. The van der Waals surface area contributed by atoms with Crippen LogP contribution in [0.3, 0.4) is 0 Å². The molecule has 3 aliphatic rings. The van der Waals surface area contributed by atoms with Gasteiger partial charge in [0.25, 0.3) is 0 Å². The molecule has 2 aromatic carbocycles. The molecule has 0 saturated heterocycles. The first-order valence-corrected chi connectivity index (χ1v) is 10.3. The van der Waals surface area contributed by atoms with Crippen molar-refractivity contribution in [2.75, 3.05) is 0 Å². The van der Waals surface area contributed by atoms with Crippen LogP contribution in [0.15, 0.2) is 91.3 Å². The third-order valence-electron chi connectivity index (χ3n) is 5.31. The third kappa shape index (κ3) is 4.40. The highest BCUT2D eigenvalue weighted by Gasteiger charge is 2.21. The predicted octanol–water partition coefficient (Wildman–Crippen LogP) is 5.69. The second-order valence-electron chi connectivity index (χ2n) is 7.61. The van der Waals surface area contributed by atoms with Gasteiger partial charge in [-0.1, -0.05) is 60.7 Å². The molecule has 0 fully saturated rings. The fourth-order valence-electron chi connectivity index (χ4n) is 3.64. The highest BCUT2D eigenvalue weighted by molar-refractivity contribution is 5.71. The first-order chi connectivity index (χ1) is 15.2. The molecule has 1 unspecified atom stereocenters. The van der Waals surface area contributed by atoms with Crippen molar-refractivity contribution in [2.24, 2.45) is 0 Å². The largest absolute Gasteiger partial charge is 0.489 e. The Morgan fingerprint density at radius 3 is 2.55 bits per heavy atom. The average molecular weight is 411 g/mol. The maximum atomic E-state index is 14.2. The fraction of sp³-hybridized carbons (Fsp3) is 0.154. The molecule has 0 N–H and O–H groups in total. The Kier molecular flexibility index (Phi) is 5.31. The highest BCUT2D eigenvalue weighted by Crippen LogP contribution is 2.28. The van der Waals surface area contributed by atoms with Crippen LogP contribution in [0.5, 0.6) is 5.75 Å². The first-order valence-electron chi connectivity index (χ1n) is 10.3. The summed E-state index contributed by atoms with van der Waals surface area (Å²) in [6.07, 6.45) is 8.71. The molecule has 0 saturated carbocycles. The molecule has 4 nitrogen and oxygen atoms in total. The van der Waals surface area contributed by atoms with Crippen molar-refractivity contribution >= 4 is 5.57 Å². The first kappa shape index (κ1) is 19.2. The number of rotatable bonds is 6. The zero-order chi connectivity index (χ0) is 21.0. The molecule has 5 rings (SSSR count). The summed E-state index contributed by atoms with van der Waals surface area (Å²) in [6, 6.07) is 20.1. The smallest absolute Gasteiger partial charge is 0.159 e. The Bertz CT molecular complexity index is 1200. The van der Waals surface area contributed by atoms with E-state index < -0.39 is 6.17 Å². The molecule has 2 aromatic rings. The zero-order valence-electron chi connectivity index (χ0n) is 17.0. The van der Waals surface area contributed by atoms with Crippen LogP contribution in [-0.4, -0.2) is 20.7 Å². The molecule has 0 radical (unpaired) electrons. The second kappa shape index (κ2) is 8.56. The van der Waals surface area contributed by atoms with Crippen LogP contribution in [0.1, 0.15) is 23.4 Å². The quantitative estimate of drug-likeness (QED) is 0.409. The molecule has 154 valence electrons. The van der Waals surface area contributed by atoms with Gasteiger partial charge in [-0.25, -0.2) is 14.4 Å². The van der Waals surface area contributed by atoms with Crippen LogP contribution in [0, 0.1) is 0 Å². The summed E-state index contributed by atoms with van der Waals surface area (Å²) < 4.78 is 22.1. The number of halogens is 1. The number of hydrogen-bond donors (Lipinski definition) is 0. The number of hydrogen-bond acceptors (Lipinski definition) is 3. The van der Waals surface area contributed by atoms with E-state index in [-0.39, 0.29) is 0 Å². The van der Waals surface area contributed by atoms with Crippen LogP contribution in [0.2, 0.25) is 0 Å². The minimum atomic E-state index is -1.04. The van der Waals surface area contributed by atoms with Crippen molar-refractivity contribution in [3.8, 4) is 17.1 Å². The van der Waals surface area contributed by atoms with E-state index in [9.17, 15) is 4.39 Å². The Morgan fingerprint density at radius 2 is 1.74 bits per heavy atom. The lowest BCUT2D eigenvalue weighted by Gasteiger charge is -2.10. The Balaban J connectivity index is 1.27. The van der Waals surface area contributed by atoms with Crippen LogP contribution >= 0.6 is 0 Å². The fourth-order valence-corrected chi connectivity index (χ4v) is 3.64. The number of imidazole rings is 1. The molecule has 0 bridgehead atoms. The van der Waals surface area contributed by atoms with E-state index in [1.165, 1.54) is 0 Å². The van der Waals surface area contributed by atoms with Gasteiger partial charge < -0.3 is 9.30 Å². The van der Waals surface area contributed by atoms with Gasteiger partial charge in [-0.2, -0.15) is 0 Å². The third-order valence-corrected chi connectivity index (χ3v) is 5.31. The molecule has 0 spiro atoms. The van der Waals surface area contributed by atoms with E-state index in [1.807, 2.05) is 73.1 Å². The van der Waals surface area contributed by atoms with Crippen molar-refractivity contribution < 1.29 is 9.13 Å². The monoisotopic (exact) mass is 411 g/mol. The number of alkyl halides is 1. The number of fused-ring (bicyclic) bond motifs is 1. The standard InChI is InChI=1S/C26H22FN3O/c27-23-9-5-4-8-22(23)26-28-24-14-15-30(17-25(24)29-26)16-19-10-12-21(13-11-19)31-18-20-6-2-1-3-7-20/h1-8,10-15,17,23H,9,16,18H2. The number of allylic oxidation sites excluding steroid dienone is 4. The molecule has 31 heavy (non-hydrogen) atoms. The van der Waals surface area contributed by atoms with Gasteiger partial charge in [0.15, 0.2) is 5.82 Å². The summed E-state index contributed by atoms with van der Waals surface area (Å²) in [5.41, 5.74) is 4.39. The zero-order valence-corrected chi connectivity index (χ0v) is 17.0. The maximum Gasteiger partial charge on any atom is 0.159 e. The number of aromatic nitrogens is 3. The van der Waals surface area contributed by atoms with E-state index in [0.717, 1.165) is 28.3 Å². The summed E-state index contributed by atoms with van der Waals surface area (Å²) in [5.74, 6) is 1.32. The lowest BCUT2D eigenvalue weighted by molar-refractivity contribution is 0.306. The van der Waals surface area contributed by atoms with Crippen LogP contribution in [0.25, 0.3) is 17.0 Å². The highest BCUT2D eigenvalue weighted by atomic mass is 19.1. The van der Waals surface area contributed by atoms with E-state index in [0.29, 0.717) is 31.0 Å².